The number of carbonyl (C=O) groups is 2. The second kappa shape index (κ2) is 11.5. The molecule has 37 heavy (non-hydrogen) atoms. The number of likely N-dealkylation sites (tertiary alicyclic amines) is 1. The van der Waals surface area contributed by atoms with E-state index in [4.69, 9.17) is 11.6 Å². The van der Waals surface area contributed by atoms with E-state index < -0.39 is 11.6 Å². The van der Waals surface area contributed by atoms with Gasteiger partial charge in [-0.25, -0.2) is 8.78 Å². The lowest BCUT2D eigenvalue weighted by atomic mass is 9.83. The first-order valence-electron chi connectivity index (χ1n) is 13.0. The first kappa shape index (κ1) is 27.5. The lowest BCUT2D eigenvalue weighted by Gasteiger charge is -2.36. The van der Waals surface area contributed by atoms with Crippen LogP contribution < -0.4 is 5.32 Å². The third-order valence-corrected chi connectivity index (χ3v) is 8.36. The molecule has 1 saturated carbocycles. The Bertz CT molecular complexity index is 1150. The number of carbonyl (C=O) groups excluding carboxylic acids is 2. The number of nitrogens with zero attached hydrogens (tertiary/aromatic N) is 2. The molecule has 2 fully saturated rings. The summed E-state index contributed by atoms with van der Waals surface area (Å²) in [6.45, 7) is 4.68. The average Bonchev–Trinajstić information content (AvgIpc) is 3.29. The molecule has 0 bridgehead atoms. The molecule has 1 aliphatic heterocycles. The van der Waals surface area contributed by atoms with Crippen LogP contribution in [-0.2, 0) is 9.59 Å². The van der Waals surface area contributed by atoms with Gasteiger partial charge in [0.25, 0.3) is 0 Å². The lowest BCUT2D eigenvalue weighted by Crippen LogP contribution is -2.42. The van der Waals surface area contributed by atoms with Gasteiger partial charge in [-0.15, -0.1) is 0 Å². The Labute approximate surface area is 223 Å². The highest BCUT2D eigenvalue weighted by Gasteiger charge is 2.43. The molecule has 0 aromatic heterocycles. The highest BCUT2D eigenvalue weighted by molar-refractivity contribution is 6.30. The van der Waals surface area contributed by atoms with Crippen molar-refractivity contribution in [3.8, 4) is 0 Å². The standard InChI is InChI=1S/C29H36ClF2N3O2/c1-17(33-18(2)36)25-13-20(30)5-7-23(25)19-9-11-35(12-10-19)29(37)27-16-22(34(3)4)15-26(27)24-8-6-21(31)14-28(24)32/h5-8,13-14,17,19,22,26-27H,9-12,15-16H2,1-4H3,(H,33,36)/t17-,22?,26-,27?/m0/s1. The molecule has 4 rings (SSSR count). The van der Waals surface area contributed by atoms with E-state index in [1.165, 1.54) is 19.1 Å². The van der Waals surface area contributed by atoms with Crippen molar-refractivity contribution in [1.29, 1.82) is 0 Å². The Hall–Kier alpha value is -2.51. The minimum atomic E-state index is -0.609. The second-order valence-electron chi connectivity index (χ2n) is 10.8. The third-order valence-electron chi connectivity index (χ3n) is 8.13. The maximum Gasteiger partial charge on any atom is 0.226 e. The number of hydrogen-bond donors (Lipinski definition) is 1. The molecule has 0 radical (unpaired) electrons. The third kappa shape index (κ3) is 6.15. The average molecular weight is 532 g/mol. The van der Waals surface area contributed by atoms with Gasteiger partial charge in [-0.3, -0.25) is 9.59 Å². The van der Waals surface area contributed by atoms with Crippen LogP contribution in [0.15, 0.2) is 36.4 Å². The Kier molecular flexibility index (Phi) is 8.54. The lowest BCUT2D eigenvalue weighted by molar-refractivity contribution is -0.137. The summed E-state index contributed by atoms with van der Waals surface area (Å²) in [5.74, 6) is -1.60. The van der Waals surface area contributed by atoms with Crippen LogP contribution >= 0.6 is 11.6 Å². The largest absolute Gasteiger partial charge is 0.350 e. The quantitative estimate of drug-likeness (QED) is 0.524. The molecule has 1 N–H and O–H groups in total. The van der Waals surface area contributed by atoms with E-state index in [1.54, 1.807) is 0 Å². The van der Waals surface area contributed by atoms with Crippen molar-refractivity contribution in [2.24, 2.45) is 5.92 Å². The molecular formula is C29H36ClF2N3O2. The van der Waals surface area contributed by atoms with Gasteiger partial charge < -0.3 is 15.1 Å². The molecule has 2 unspecified atom stereocenters. The monoisotopic (exact) mass is 531 g/mol. The van der Waals surface area contributed by atoms with E-state index in [0.29, 0.717) is 36.5 Å². The summed E-state index contributed by atoms with van der Waals surface area (Å²) >= 11 is 6.28. The van der Waals surface area contributed by atoms with Gasteiger partial charge in [0.15, 0.2) is 0 Å². The zero-order valence-electron chi connectivity index (χ0n) is 21.9. The van der Waals surface area contributed by atoms with E-state index in [1.807, 2.05) is 44.1 Å². The Morgan fingerprint density at radius 1 is 1.05 bits per heavy atom. The molecule has 200 valence electrons. The molecule has 1 heterocycles. The van der Waals surface area contributed by atoms with E-state index in [0.717, 1.165) is 30.0 Å². The minimum absolute atomic E-state index is 0.0551. The molecule has 2 aromatic rings. The Balaban J connectivity index is 1.50. The zero-order valence-corrected chi connectivity index (χ0v) is 22.7. The molecule has 0 spiro atoms. The van der Waals surface area contributed by atoms with Crippen LogP contribution in [-0.4, -0.2) is 54.8 Å². The second-order valence-corrected chi connectivity index (χ2v) is 11.2. The SMILES string of the molecule is CC(=O)N[C@@H](C)c1cc(Cl)ccc1C1CCN(C(=O)C2CC(N(C)C)C[C@H]2c2ccc(F)cc2F)CC1. The zero-order chi connectivity index (χ0) is 26.9. The fourth-order valence-corrected chi connectivity index (χ4v) is 6.35. The fourth-order valence-electron chi connectivity index (χ4n) is 6.17. The van der Waals surface area contributed by atoms with Crippen LogP contribution in [0, 0.1) is 17.6 Å². The molecule has 8 heteroatoms. The van der Waals surface area contributed by atoms with E-state index in [9.17, 15) is 18.4 Å². The number of amides is 2. The fraction of sp³-hybridized carbons (Fsp3) is 0.517. The van der Waals surface area contributed by atoms with Crippen molar-refractivity contribution in [3.63, 3.8) is 0 Å². The van der Waals surface area contributed by atoms with Gasteiger partial charge >= 0.3 is 0 Å². The van der Waals surface area contributed by atoms with Crippen LogP contribution in [0.4, 0.5) is 8.78 Å². The molecular weight excluding hydrogens is 496 g/mol. The first-order valence-corrected chi connectivity index (χ1v) is 13.4. The van der Waals surface area contributed by atoms with E-state index in [-0.39, 0.29) is 41.7 Å². The van der Waals surface area contributed by atoms with Crippen LogP contribution in [0.2, 0.25) is 5.02 Å². The first-order chi connectivity index (χ1) is 17.5. The van der Waals surface area contributed by atoms with Gasteiger partial charge in [0, 0.05) is 43.1 Å². The Morgan fingerprint density at radius 2 is 1.73 bits per heavy atom. The Morgan fingerprint density at radius 3 is 2.35 bits per heavy atom. The number of halogens is 3. The van der Waals surface area contributed by atoms with Crippen molar-refractivity contribution in [1.82, 2.24) is 15.1 Å². The van der Waals surface area contributed by atoms with Crippen LogP contribution in [0.25, 0.3) is 0 Å². The summed E-state index contributed by atoms with van der Waals surface area (Å²) in [5, 5.41) is 3.58. The van der Waals surface area contributed by atoms with Gasteiger partial charge in [-0.1, -0.05) is 23.7 Å². The number of hydrogen-bond acceptors (Lipinski definition) is 3. The van der Waals surface area contributed by atoms with Gasteiger partial charge in [0.1, 0.15) is 11.6 Å². The van der Waals surface area contributed by atoms with Crippen LogP contribution in [0.1, 0.15) is 74.1 Å². The van der Waals surface area contributed by atoms with Crippen LogP contribution in [0.5, 0.6) is 0 Å². The predicted molar refractivity (Wildman–Crippen MR) is 142 cm³/mol. The van der Waals surface area contributed by atoms with E-state index >= 15 is 0 Å². The predicted octanol–water partition coefficient (Wildman–Crippen LogP) is 5.65. The molecule has 2 amide bonds. The van der Waals surface area contributed by atoms with Gasteiger partial charge in [-0.05, 0) is 93.4 Å². The smallest absolute Gasteiger partial charge is 0.226 e. The van der Waals surface area contributed by atoms with Crippen molar-refractivity contribution < 1.29 is 18.4 Å². The molecule has 2 aliphatic rings. The summed E-state index contributed by atoms with van der Waals surface area (Å²) in [6.07, 6.45) is 2.92. The van der Waals surface area contributed by atoms with Crippen LogP contribution in [0.3, 0.4) is 0 Å². The topological polar surface area (TPSA) is 52.7 Å². The van der Waals surface area contributed by atoms with Crippen molar-refractivity contribution in [3.05, 3.63) is 69.7 Å². The maximum atomic E-state index is 14.7. The molecule has 5 nitrogen and oxygen atoms in total. The minimum Gasteiger partial charge on any atom is -0.350 e. The molecule has 1 aliphatic carbocycles. The molecule has 4 atom stereocenters. The van der Waals surface area contributed by atoms with Crippen molar-refractivity contribution in [2.75, 3.05) is 27.2 Å². The van der Waals surface area contributed by atoms with Gasteiger partial charge in [-0.2, -0.15) is 0 Å². The number of rotatable bonds is 6. The number of piperidine rings is 1. The maximum absolute atomic E-state index is 14.7. The van der Waals surface area contributed by atoms with Crippen molar-refractivity contribution >= 4 is 23.4 Å². The summed E-state index contributed by atoms with van der Waals surface area (Å²) in [7, 11) is 3.96. The van der Waals surface area contributed by atoms with Gasteiger partial charge in [0.05, 0.1) is 6.04 Å². The molecule has 1 saturated heterocycles. The van der Waals surface area contributed by atoms with E-state index in [2.05, 4.69) is 10.2 Å². The summed E-state index contributed by atoms with van der Waals surface area (Å²) < 4.78 is 28.3. The number of nitrogens with one attached hydrogen (secondary N) is 1. The van der Waals surface area contributed by atoms with Gasteiger partial charge in [0.2, 0.25) is 11.8 Å². The summed E-state index contributed by atoms with van der Waals surface area (Å²) in [5.41, 5.74) is 2.58. The normalized spacial score (nSPS) is 23.4. The highest BCUT2D eigenvalue weighted by Crippen LogP contribution is 2.44. The highest BCUT2D eigenvalue weighted by atomic mass is 35.5. The molecule has 2 aromatic carbocycles. The van der Waals surface area contributed by atoms with Crippen molar-refractivity contribution in [2.45, 2.75) is 63.5 Å². The summed E-state index contributed by atoms with van der Waals surface area (Å²) in [6, 6.07) is 9.50. The number of benzene rings is 2. The summed E-state index contributed by atoms with van der Waals surface area (Å²) in [4.78, 5) is 29.4.